The number of methoxy groups -OCH3 is 1. The zero-order valence-electron chi connectivity index (χ0n) is 14.1. The Labute approximate surface area is 150 Å². The highest BCUT2D eigenvalue weighted by Gasteiger charge is 2.14. The van der Waals surface area contributed by atoms with E-state index in [2.05, 4.69) is 5.92 Å². The van der Waals surface area contributed by atoms with Crippen LogP contribution in [0.2, 0.25) is 0 Å². The van der Waals surface area contributed by atoms with Gasteiger partial charge < -0.3 is 20.3 Å². The molecule has 0 atom stereocenters. The topological polar surface area (TPSA) is 98.9 Å². The van der Waals surface area contributed by atoms with E-state index in [0.717, 1.165) is 0 Å². The third-order valence-electron chi connectivity index (χ3n) is 3.53. The number of carboxylic acids is 1. The second-order valence-corrected chi connectivity index (χ2v) is 5.17. The van der Waals surface area contributed by atoms with Crippen LogP contribution in [0.4, 0.5) is 5.69 Å². The quantitative estimate of drug-likeness (QED) is 0.344. The van der Waals surface area contributed by atoms with Gasteiger partial charge in [-0.2, -0.15) is 0 Å². The minimum absolute atomic E-state index is 0.0646. The molecule has 6 nitrogen and oxygen atoms in total. The lowest BCUT2D eigenvalue weighted by molar-refractivity contribution is 0.0698. The number of rotatable bonds is 7. The molecule has 0 saturated carbocycles. The molecule has 0 aliphatic rings. The Balaban J connectivity index is 2.25. The maximum atomic E-state index is 12.3. The minimum Gasteiger partial charge on any atom is -0.493 e. The minimum atomic E-state index is -1.19. The number of nitrogens with two attached hydrogens (primary N) is 1. The van der Waals surface area contributed by atoms with Gasteiger partial charge in [-0.1, -0.05) is 24.1 Å². The Morgan fingerprint density at radius 3 is 2.62 bits per heavy atom. The fraction of sp³-hybridized carbons (Fsp3) is 0.100. The summed E-state index contributed by atoms with van der Waals surface area (Å²) < 4.78 is 10.6. The van der Waals surface area contributed by atoms with E-state index in [4.69, 9.17) is 26.7 Å². The van der Waals surface area contributed by atoms with Gasteiger partial charge in [-0.25, -0.2) is 4.79 Å². The largest absolute Gasteiger partial charge is 0.493 e. The lowest BCUT2D eigenvalue weighted by Gasteiger charge is -2.09. The van der Waals surface area contributed by atoms with Gasteiger partial charge in [0.25, 0.3) is 0 Å². The number of carboxylic acid groups (broad SMARTS) is 1. The molecule has 0 aliphatic heterocycles. The Morgan fingerprint density at radius 2 is 1.96 bits per heavy atom. The van der Waals surface area contributed by atoms with E-state index in [1.165, 1.54) is 31.4 Å². The third kappa shape index (κ3) is 4.22. The molecule has 26 heavy (non-hydrogen) atoms. The summed E-state index contributed by atoms with van der Waals surface area (Å²) in [6.45, 7) is 0.114. The maximum Gasteiger partial charge on any atom is 0.337 e. The molecule has 0 saturated heterocycles. The Bertz CT molecular complexity index is 909. The van der Waals surface area contributed by atoms with Crippen molar-refractivity contribution in [2.45, 2.75) is 0 Å². The lowest BCUT2D eigenvalue weighted by atomic mass is 10.0. The van der Waals surface area contributed by atoms with Crippen LogP contribution in [0.25, 0.3) is 6.08 Å². The van der Waals surface area contributed by atoms with Crippen LogP contribution in [0, 0.1) is 12.3 Å². The van der Waals surface area contributed by atoms with Crippen LogP contribution >= 0.6 is 0 Å². The number of carbonyl (C=O) groups excluding carboxylic acids is 1. The summed E-state index contributed by atoms with van der Waals surface area (Å²) in [6.07, 6.45) is 8.05. The van der Waals surface area contributed by atoms with Crippen molar-refractivity contribution in [1.82, 2.24) is 0 Å². The van der Waals surface area contributed by atoms with Crippen LogP contribution in [0.5, 0.6) is 11.5 Å². The smallest absolute Gasteiger partial charge is 0.337 e. The van der Waals surface area contributed by atoms with Gasteiger partial charge in [0.05, 0.1) is 18.4 Å². The molecule has 6 heteroatoms. The first-order valence-electron chi connectivity index (χ1n) is 7.56. The second-order valence-electron chi connectivity index (χ2n) is 5.17. The number of hydrogen-bond acceptors (Lipinski definition) is 5. The van der Waals surface area contributed by atoms with E-state index in [0.29, 0.717) is 17.1 Å². The standard InChI is InChI=1S/C20H17NO5/c1-3-11-26-17-10-8-13(12-18(17)25-2)7-9-16(22)14-5-4-6-15(19(14)21)20(23)24/h1,4-10,12H,11,21H2,2H3,(H,23,24). The molecular weight excluding hydrogens is 334 g/mol. The molecule has 2 aromatic carbocycles. The number of nitrogen functional groups attached to an aromatic ring is 1. The maximum absolute atomic E-state index is 12.3. The molecule has 132 valence electrons. The van der Waals surface area contributed by atoms with Crippen molar-refractivity contribution in [3.05, 3.63) is 59.2 Å². The highest BCUT2D eigenvalue weighted by Crippen LogP contribution is 2.28. The molecule has 0 aliphatic carbocycles. The number of carbonyl (C=O) groups is 2. The van der Waals surface area contributed by atoms with Crippen LogP contribution in [0.3, 0.4) is 0 Å². The van der Waals surface area contributed by atoms with Crippen molar-refractivity contribution in [2.24, 2.45) is 0 Å². The Kier molecular flexibility index (Phi) is 6.01. The van der Waals surface area contributed by atoms with Crippen molar-refractivity contribution >= 4 is 23.5 Å². The van der Waals surface area contributed by atoms with Gasteiger partial charge in [-0.15, -0.1) is 6.42 Å². The molecule has 0 radical (unpaired) electrons. The molecule has 2 aromatic rings. The molecule has 0 amide bonds. The van der Waals surface area contributed by atoms with Crippen molar-refractivity contribution in [2.75, 3.05) is 19.5 Å². The van der Waals surface area contributed by atoms with Gasteiger partial charge in [-0.05, 0) is 35.9 Å². The van der Waals surface area contributed by atoms with Crippen molar-refractivity contribution in [1.29, 1.82) is 0 Å². The lowest BCUT2D eigenvalue weighted by Crippen LogP contribution is -2.08. The van der Waals surface area contributed by atoms with E-state index in [1.807, 2.05) is 0 Å². The predicted octanol–water partition coefficient (Wildman–Crippen LogP) is 2.88. The second kappa shape index (κ2) is 8.40. The SMILES string of the molecule is C#CCOc1ccc(C=CC(=O)c2cccc(C(=O)O)c2N)cc1OC. The summed E-state index contributed by atoms with van der Waals surface area (Å²) in [5, 5.41) is 9.08. The van der Waals surface area contributed by atoms with E-state index in [9.17, 15) is 9.59 Å². The predicted molar refractivity (Wildman–Crippen MR) is 98.5 cm³/mol. The average molecular weight is 351 g/mol. The number of hydrogen-bond donors (Lipinski definition) is 2. The monoisotopic (exact) mass is 351 g/mol. The number of terminal acetylenes is 1. The summed E-state index contributed by atoms with van der Waals surface area (Å²) in [4.78, 5) is 23.4. The number of ketones is 1. The van der Waals surface area contributed by atoms with Gasteiger partial charge >= 0.3 is 5.97 Å². The van der Waals surface area contributed by atoms with Crippen LogP contribution in [0.15, 0.2) is 42.5 Å². The third-order valence-corrected chi connectivity index (χ3v) is 3.53. The molecule has 0 aromatic heterocycles. The Morgan fingerprint density at radius 1 is 1.23 bits per heavy atom. The first-order valence-corrected chi connectivity index (χ1v) is 7.56. The fourth-order valence-electron chi connectivity index (χ4n) is 2.25. The number of anilines is 1. The zero-order valence-corrected chi connectivity index (χ0v) is 14.1. The summed E-state index contributed by atoms with van der Waals surface area (Å²) >= 11 is 0. The first-order chi connectivity index (χ1) is 12.5. The summed E-state index contributed by atoms with van der Waals surface area (Å²) in [5.74, 6) is 1.74. The number of ether oxygens (including phenoxy) is 2. The van der Waals surface area contributed by atoms with Gasteiger partial charge in [0.2, 0.25) is 0 Å². The van der Waals surface area contributed by atoms with Crippen molar-refractivity contribution < 1.29 is 24.2 Å². The summed E-state index contributed by atoms with van der Waals surface area (Å²) in [7, 11) is 1.49. The molecule has 2 rings (SSSR count). The van der Waals surface area contributed by atoms with E-state index >= 15 is 0 Å². The Hall–Kier alpha value is -3.72. The number of allylic oxidation sites excluding steroid dienone is 1. The van der Waals surface area contributed by atoms with Crippen LogP contribution < -0.4 is 15.2 Å². The number of aromatic carboxylic acids is 1. The molecule has 0 bridgehead atoms. The van der Waals surface area contributed by atoms with Crippen LogP contribution in [0.1, 0.15) is 26.3 Å². The first kappa shape index (κ1) is 18.6. The van der Waals surface area contributed by atoms with Gasteiger partial charge in [0.1, 0.15) is 6.61 Å². The van der Waals surface area contributed by atoms with Crippen LogP contribution in [-0.4, -0.2) is 30.6 Å². The molecular formula is C20H17NO5. The fourth-order valence-corrected chi connectivity index (χ4v) is 2.25. The molecule has 0 spiro atoms. The molecule has 0 fully saturated rings. The zero-order chi connectivity index (χ0) is 19.1. The van der Waals surface area contributed by atoms with Crippen molar-refractivity contribution in [3.63, 3.8) is 0 Å². The van der Waals surface area contributed by atoms with Gasteiger partial charge in [0.15, 0.2) is 17.3 Å². The van der Waals surface area contributed by atoms with Crippen molar-refractivity contribution in [3.8, 4) is 23.8 Å². The summed E-state index contributed by atoms with van der Waals surface area (Å²) in [6, 6.07) is 9.40. The number of benzene rings is 2. The summed E-state index contributed by atoms with van der Waals surface area (Å²) in [5.41, 5.74) is 6.42. The highest BCUT2D eigenvalue weighted by molar-refractivity contribution is 6.12. The van der Waals surface area contributed by atoms with Gasteiger partial charge in [0, 0.05) is 5.56 Å². The van der Waals surface area contributed by atoms with E-state index < -0.39 is 11.8 Å². The highest BCUT2D eigenvalue weighted by atomic mass is 16.5. The van der Waals surface area contributed by atoms with Gasteiger partial charge in [-0.3, -0.25) is 4.79 Å². The van der Waals surface area contributed by atoms with E-state index in [1.54, 1.807) is 24.3 Å². The molecule has 0 heterocycles. The normalized spacial score (nSPS) is 10.3. The number of para-hydroxylation sites is 1. The van der Waals surface area contributed by atoms with E-state index in [-0.39, 0.29) is 23.4 Å². The van der Waals surface area contributed by atoms with Crippen LogP contribution in [-0.2, 0) is 0 Å². The average Bonchev–Trinajstić information content (AvgIpc) is 2.64. The molecule has 0 unspecified atom stereocenters. The molecule has 3 N–H and O–H groups in total.